The van der Waals surface area contributed by atoms with Gasteiger partial charge in [-0.1, -0.05) is 6.92 Å². The topological polar surface area (TPSA) is 32.5 Å². The zero-order valence-electron chi connectivity index (χ0n) is 11.1. The molecular weight excluding hydrogens is 198 g/mol. The third kappa shape index (κ3) is 2.76. The van der Waals surface area contributed by atoms with Crippen molar-refractivity contribution in [2.45, 2.75) is 44.7 Å². The summed E-state index contributed by atoms with van der Waals surface area (Å²) in [7, 11) is 2.24. The van der Waals surface area contributed by atoms with E-state index in [0.29, 0.717) is 0 Å². The number of piperazine rings is 1. The Labute approximate surface area is 100.0 Å². The minimum atomic E-state index is 0.0498. The molecule has 3 heteroatoms. The Morgan fingerprint density at radius 2 is 2.00 bits per heavy atom. The van der Waals surface area contributed by atoms with Crippen LogP contribution in [0.15, 0.2) is 0 Å². The first-order valence-electron chi connectivity index (χ1n) is 6.74. The maximum absolute atomic E-state index is 6.42. The summed E-state index contributed by atoms with van der Waals surface area (Å²) in [6, 6.07) is 0.726. The Hall–Kier alpha value is -0.120. The van der Waals surface area contributed by atoms with Gasteiger partial charge in [-0.2, -0.15) is 0 Å². The zero-order valence-corrected chi connectivity index (χ0v) is 11.1. The fourth-order valence-corrected chi connectivity index (χ4v) is 2.95. The van der Waals surface area contributed by atoms with Gasteiger partial charge in [-0.15, -0.1) is 0 Å². The summed E-state index contributed by atoms with van der Waals surface area (Å²) >= 11 is 0. The molecule has 0 aromatic heterocycles. The summed E-state index contributed by atoms with van der Waals surface area (Å²) in [6.45, 7) is 9.19. The van der Waals surface area contributed by atoms with Crippen molar-refractivity contribution in [2.75, 3.05) is 33.2 Å². The fourth-order valence-electron chi connectivity index (χ4n) is 2.95. The Bertz CT molecular complexity index is 235. The number of nitrogens with zero attached hydrogens (tertiary/aromatic N) is 2. The molecule has 16 heavy (non-hydrogen) atoms. The van der Waals surface area contributed by atoms with E-state index in [4.69, 9.17) is 5.73 Å². The molecule has 2 fully saturated rings. The maximum atomic E-state index is 6.42. The molecule has 0 aromatic carbocycles. The SMILES string of the molecule is CCC1CN(CC(C)(N)C2CC2)CCN1C. The second-order valence-corrected chi connectivity index (χ2v) is 6.06. The van der Waals surface area contributed by atoms with Gasteiger partial charge in [0.05, 0.1) is 0 Å². The van der Waals surface area contributed by atoms with Gasteiger partial charge in [0.25, 0.3) is 0 Å². The Kier molecular flexibility index (Phi) is 3.57. The van der Waals surface area contributed by atoms with Crippen LogP contribution in [0.3, 0.4) is 0 Å². The summed E-state index contributed by atoms with van der Waals surface area (Å²) in [5, 5.41) is 0. The first-order valence-corrected chi connectivity index (χ1v) is 6.74. The fraction of sp³-hybridized carbons (Fsp3) is 1.00. The van der Waals surface area contributed by atoms with Gasteiger partial charge >= 0.3 is 0 Å². The van der Waals surface area contributed by atoms with Gasteiger partial charge in [0.2, 0.25) is 0 Å². The standard InChI is InChI=1S/C13H27N3/c1-4-12-9-16(8-7-15(12)3)10-13(2,14)11-5-6-11/h11-12H,4-10,14H2,1-3H3. The van der Waals surface area contributed by atoms with Crippen LogP contribution in [0.2, 0.25) is 0 Å². The third-order valence-electron chi connectivity index (χ3n) is 4.41. The van der Waals surface area contributed by atoms with E-state index in [2.05, 4.69) is 30.7 Å². The van der Waals surface area contributed by atoms with Gasteiger partial charge in [0.15, 0.2) is 0 Å². The molecule has 3 nitrogen and oxygen atoms in total. The van der Waals surface area contributed by atoms with Gasteiger partial charge in [0, 0.05) is 37.8 Å². The monoisotopic (exact) mass is 225 g/mol. The highest BCUT2D eigenvalue weighted by Crippen LogP contribution is 2.38. The van der Waals surface area contributed by atoms with Crippen molar-refractivity contribution in [3.63, 3.8) is 0 Å². The lowest BCUT2D eigenvalue weighted by molar-refractivity contribution is 0.0750. The molecule has 0 amide bonds. The molecule has 2 aliphatic rings. The average Bonchev–Trinajstić information content (AvgIpc) is 3.04. The van der Waals surface area contributed by atoms with Crippen LogP contribution in [0.5, 0.6) is 0 Å². The van der Waals surface area contributed by atoms with Crippen molar-refractivity contribution < 1.29 is 0 Å². The minimum absolute atomic E-state index is 0.0498. The second-order valence-electron chi connectivity index (χ2n) is 6.06. The van der Waals surface area contributed by atoms with Crippen molar-refractivity contribution in [1.82, 2.24) is 9.80 Å². The van der Waals surface area contributed by atoms with Gasteiger partial charge in [0.1, 0.15) is 0 Å². The quantitative estimate of drug-likeness (QED) is 0.779. The molecule has 2 N–H and O–H groups in total. The van der Waals surface area contributed by atoms with Crippen LogP contribution in [0.1, 0.15) is 33.1 Å². The van der Waals surface area contributed by atoms with Gasteiger partial charge in [-0.3, -0.25) is 4.90 Å². The Morgan fingerprint density at radius 3 is 2.56 bits per heavy atom. The Balaban J connectivity index is 1.86. The van der Waals surface area contributed by atoms with Gasteiger partial charge < -0.3 is 10.6 Å². The summed E-state index contributed by atoms with van der Waals surface area (Å²) in [5.41, 5.74) is 6.47. The highest BCUT2D eigenvalue weighted by Gasteiger charge is 2.40. The smallest absolute Gasteiger partial charge is 0.0283 e. The van der Waals surface area contributed by atoms with Crippen LogP contribution in [0.25, 0.3) is 0 Å². The van der Waals surface area contributed by atoms with E-state index in [-0.39, 0.29) is 5.54 Å². The van der Waals surface area contributed by atoms with Crippen molar-refractivity contribution in [2.24, 2.45) is 11.7 Å². The van der Waals surface area contributed by atoms with Crippen LogP contribution in [-0.4, -0.2) is 54.6 Å². The lowest BCUT2D eigenvalue weighted by Gasteiger charge is -2.42. The summed E-state index contributed by atoms with van der Waals surface area (Å²) < 4.78 is 0. The number of hydrogen-bond acceptors (Lipinski definition) is 3. The van der Waals surface area contributed by atoms with Crippen LogP contribution < -0.4 is 5.73 Å². The molecule has 0 bridgehead atoms. The van der Waals surface area contributed by atoms with E-state index >= 15 is 0 Å². The molecule has 2 rings (SSSR count). The predicted molar refractivity (Wildman–Crippen MR) is 68.5 cm³/mol. The first kappa shape index (κ1) is 12.3. The van der Waals surface area contributed by atoms with Crippen molar-refractivity contribution >= 4 is 0 Å². The lowest BCUT2D eigenvalue weighted by atomic mass is 9.95. The summed E-state index contributed by atoms with van der Waals surface area (Å²) in [5.74, 6) is 0.784. The van der Waals surface area contributed by atoms with Crippen LogP contribution in [0.4, 0.5) is 0 Å². The largest absolute Gasteiger partial charge is 0.324 e. The zero-order chi connectivity index (χ0) is 11.8. The second kappa shape index (κ2) is 4.63. The summed E-state index contributed by atoms with van der Waals surface area (Å²) in [6.07, 6.45) is 3.94. The molecule has 1 aliphatic carbocycles. The van der Waals surface area contributed by atoms with E-state index in [9.17, 15) is 0 Å². The molecule has 0 aromatic rings. The van der Waals surface area contributed by atoms with E-state index in [1.807, 2.05) is 0 Å². The third-order valence-corrected chi connectivity index (χ3v) is 4.41. The highest BCUT2D eigenvalue weighted by atomic mass is 15.3. The molecule has 2 unspecified atom stereocenters. The highest BCUT2D eigenvalue weighted by molar-refractivity contribution is 4.98. The molecule has 1 saturated carbocycles. The van der Waals surface area contributed by atoms with Gasteiger partial charge in [-0.05, 0) is 39.2 Å². The number of hydrogen-bond donors (Lipinski definition) is 1. The number of nitrogens with two attached hydrogens (primary N) is 1. The molecule has 1 aliphatic heterocycles. The molecule has 94 valence electrons. The number of likely N-dealkylation sites (N-methyl/N-ethyl adjacent to an activating group) is 1. The first-order chi connectivity index (χ1) is 7.53. The normalized spacial score (nSPS) is 32.6. The van der Waals surface area contributed by atoms with E-state index in [0.717, 1.165) is 18.5 Å². The van der Waals surface area contributed by atoms with Crippen molar-refractivity contribution in [3.05, 3.63) is 0 Å². The average molecular weight is 225 g/mol. The maximum Gasteiger partial charge on any atom is 0.0283 e. The van der Waals surface area contributed by atoms with E-state index in [1.165, 1.54) is 38.9 Å². The molecule has 0 spiro atoms. The van der Waals surface area contributed by atoms with Crippen LogP contribution in [0, 0.1) is 5.92 Å². The molecule has 1 heterocycles. The predicted octanol–water partition coefficient (Wildman–Crippen LogP) is 1.14. The minimum Gasteiger partial charge on any atom is -0.324 e. The molecular formula is C13H27N3. The number of rotatable bonds is 4. The van der Waals surface area contributed by atoms with Crippen LogP contribution in [-0.2, 0) is 0 Å². The lowest BCUT2D eigenvalue weighted by Crippen LogP contribution is -2.57. The van der Waals surface area contributed by atoms with Crippen molar-refractivity contribution in [1.29, 1.82) is 0 Å². The van der Waals surface area contributed by atoms with Crippen molar-refractivity contribution in [3.8, 4) is 0 Å². The van der Waals surface area contributed by atoms with Gasteiger partial charge in [-0.25, -0.2) is 0 Å². The summed E-state index contributed by atoms with van der Waals surface area (Å²) in [4.78, 5) is 5.06. The molecule has 2 atom stereocenters. The molecule has 0 radical (unpaired) electrons. The molecule has 1 saturated heterocycles. The van der Waals surface area contributed by atoms with E-state index < -0.39 is 0 Å². The van der Waals surface area contributed by atoms with E-state index in [1.54, 1.807) is 0 Å². The Morgan fingerprint density at radius 1 is 1.31 bits per heavy atom. The van der Waals surface area contributed by atoms with Crippen LogP contribution >= 0.6 is 0 Å².